The van der Waals surface area contributed by atoms with Crippen LogP contribution in [-0.2, 0) is 11.3 Å². The smallest absolute Gasteiger partial charge is 0.0895 e. The summed E-state index contributed by atoms with van der Waals surface area (Å²) in [5.41, 5.74) is 1.20. The molecule has 0 aliphatic heterocycles. The molecule has 0 spiro atoms. The van der Waals surface area contributed by atoms with Gasteiger partial charge in [0.15, 0.2) is 0 Å². The van der Waals surface area contributed by atoms with Crippen LogP contribution in [0.25, 0.3) is 0 Å². The fraction of sp³-hybridized carbons (Fsp3) is 0.727. The van der Waals surface area contributed by atoms with Gasteiger partial charge in [0, 0.05) is 12.6 Å². The van der Waals surface area contributed by atoms with Gasteiger partial charge in [-0.15, -0.1) is 0 Å². The van der Waals surface area contributed by atoms with E-state index in [1.54, 1.807) is 0 Å². The molecule has 1 rings (SSSR count). The minimum atomic E-state index is 0.401. The Labute approximate surface area is 105 Å². The van der Waals surface area contributed by atoms with Crippen molar-refractivity contribution < 1.29 is 4.74 Å². The standard InChI is InChI=1S/C11H19IN2O/c1-4-5-6-15-8-11-10(12)7-13-14(11)9(2)3/h7,9H,4-6,8H2,1-3H3. The van der Waals surface area contributed by atoms with Gasteiger partial charge in [0.2, 0.25) is 0 Å². The van der Waals surface area contributed by atoms with Crippen LogP contribution in [0.3, 0.4) is 0 Å². The quantitative estimate of drug-likeness (QED) is 0.593. The van der Waals surface area contributed by atoms with E-state index in [2.05, 4.69) is 48.5 Å². The lowest BCUT2D eigenvalue weighted by atomic mass is 10.3. The van der Waals surface area contributed by atoms with Gasteiger partial charge in [-0.2, -0.15) is 5.10 Å². The number of unbranched alkanes of at least 4 members (excludes halogenated alkanes) is 1. The summed E-state index contributed by atoms with van der Waals surface area (Å²) in [6.45, 7) is 7.97. The normalized spacial score (nSPS) is 11.3. The minimum Gasteiger partial charge on any atom is -0.375 e. The summed E-state index contributed by atoms with van der Waals surface area (Å²) in [6.07, 6.45) is 4.21. The monoisotopic (exact) mass is 322 g/mol. The van der Waals surface area contributed by atoms with E-state index in [1.165, 1.54) is 15.7 Å². The van der Waals surface area contributed by atoms with E-state index in [0.29, 0.717) is 12.6 Å². The first-order chi connectivity index (χ1) is 7.16. The lowest BCUT2D eigenvalue weighted by Gasteiger charge is -2.11. The molecule has 1 aromatic rings. The number of halogens is 1. The number of nitrogens with zero attached hydrogens (tertiary/aromatic N) is 2. The van der Waals surface area contributed by atoms with Crippen molar-refractivity contribution in [3.8, 4) is 0 Å². The molecular weight excluding hydrogens is 303 g/mol. The van der Waals surface area contributed by atoms with E-state index in [0.717, 1.165) is 13.0 Å². The summed E-state index contributed by atoms with van der Waals surface area (Å²) in [5, 5.41) is 4.34. The third-order valence-electron chi connectivity index (χ3n) is 2.22. The molecule has 0 fully saturated rings. The molecule has 1 aromatic heterocycles. The highest BCUT2D eigenvalue weighted by molar-refractivity contribution is 14.1. The maximum Gasteiger partial charge on any atom is 0.0895 e. The number of hydrogen-bond acceptors (Lipinski definition) is 2. The molecule has 0 saturated heterocycles. The summed E-state index contributed by atoms with van der Waals surface area (Å²) in [5.74, 6) is 0. The molecular formula is C11H19IN2O. The summed E-state index contributed by atoms with van der Waals surface area (Å²) >= 11 is 2.31. The van der Waals surface area contributed by atoms with Gasteiger partial charge in [-0.3, -0.25) is 4.68 Å². The maximum absolute atomic E-state index is 5.62. The Morgan fingerprint density at radius 1 is 1.53 bits per heavy atom. The summed E-state index contributed by atoms with van der Waals surface area (Å²) in [7, 11) is 0. The first-order valence-corrected chi connectivity index (χ1v) is 6.54. The maximum atomic E-state index is 5.62. The van der Waals surface area contributed by atoms with Gasteiger partial charge >= 0.3 is 0 Å². The average Bonchev–Trinajstić information content (AvgIpc) is 2.55. The van der Waals surface area contributed by atoms with Crippen LogP contribution in [0.2, 0.25) is 0 Å². The first kappa shape index (κ1) is 13.0. The van der Waals surface area contributed by atoms with Crippen LogP contribution in [0.5, 0.6) is 0 Å². The largest absolute Gasteiger partial charge is 0.375 e. The predicted octanol–water partition coefficient (Wildman–Crippen LogP) is 3.39. The van der Waals surface area contributed by atoms with Gasteiger partial charge in [0.1, 0.15) is 0 Å². The number of ether oxygens (including phenoxy) is 1. The molecule has 0 bridgehead atoms. The molecule has 0 amide bonds. The molecule has 1 heterocycles. The average molecular weight is 322 g/mol. The van der Waals surface area contributed by atoms with Crippen molar-refractivity contribution in [2.45, 2.75) is 46.3 Å². The molecule has 15 heavy (non-hydrogen) atoms. The topological polar surface area (TPSA) is 27.1 Å². The van der Waals surface area contributed by atoms with Crippen molar-refractivity contribution in [3.63, 3.8) is 0 Å². The number of aromatic nitrogens is 2. The van der Waals surface area contributed by atoms with Crippen molar-refractivity contribution in [3.05, 3.63) is 15.5 Å². The van der Waals surface area contributed by atoms with Crippen LogP contribution in [0.1, 0.15) is 45.3 Å². The highest BCUT2D eigenvalue weighted by atomic mass is 127. The highest BCUT2D eigenvalue weighted by Gasteiger charge is 2.10. The molecule has 0 saturated carbocycles. The van der Waals surface area contributed by atoms with Gasteiger partial charge in [-0.25, -0.2) is 0 Å². The fourth-order valence-electron chi connectivity index (χ4n) is 1.36. The number of hydrogen-bond donors (Lipinski definition) is 0. The zero-order valence-electron chi connectivity index (χ0n) is 9.66. The van der Waals surface area contributed by atoms with E-state index >= 15 is 0 Å². The van der Waals surface area contributed by atoms with Crippen LogP contribution in [0.15, 0.2) is 6.20 Å². The SMILES string of the molecule is CCCCOCc1c(I)cnn1C(C)C. The molecule has 4 heteroatoms. The third kappa shape index (κ3) is 3.75. The third-order valence-corrected chi connectivity index (χ3v) is 3.12. The molecule has 0 unspecified atom stereocenters. The van der Waals surface area contributed by atoms with Crippen molar-refractivity contribution >= 4 is 22.6 Å². The second-order valence-electron chi connectivity index (χ2n) is 3.88. The van der Waals surface area contributed by atoms with Crippen molar-refractivity contribution in [2.24, 2.45) is 0 Å². The fourth-order valence-corrected chi connectivity index (χ4v) is 1.89. The highest BCUT2D eigenvalue weighted by Crippen LogP contribution is 2.16. The zero-order chi connectivity index (χ0) is 11.3. The van der Waals surface area contributed by atoms with Gasteiger partial charge < -0.3 is 4.74 Å². The molecule has 3 nitrogen and oxygen atoms in total. The minimum absolute atomic E-state index is 0.401. The second-order valence-corrected chi connectivity index (χ2v) is 5.05. The first-order valence-electron chi connectivity index (χ1n) is 5.46. The Morgan fingerprint density at radius 3 is 2.87 bits per heavy atom. The summed E-state index contributed by atoms with van der Waals surface area (Å²) in [6, 6.07) is 0.401. The van der Waals surface area contributed by atoms with Crippen LogP contribution in [0, 0.1) is 3.57 Å². The lowest BCUT2D eigenvalue weighted by Crippen LogP contribution is -2.09. The molecule has 0 N–H and O–H groups in total. The van der Waals surface area contributed by atoms with E-state index in [1.807, 2.05) is 10.9 Å². The Kier molecular flexibility index (Phi) is 5.60. The summed E-state index contributed by atoms with van der Waals surface area (Å²) < 4.78 is 8.85. The molecule has 0 aliphatic carbocycles. The molecule has 0 radical (unpaired) electrons. The summed E-state index contributed by atoms with van der Waals surface area (Å²) in [4.78, 5) is 0. The molecule has 86 valence electrons. The van der Waals surface area contributed by atoms with Crippen LogP contribution in [0.4, 0.5) is 0 Å². The van der Waals surface area contributed by atoms with Gasteiger partial charge in [-0.05, 0) is 42.9 Å². The van der Waals surface area contributed by atoms with Crippen molar-refractivity contribution in [1.82, 2.24) is 9.78 Å². The van der Waals surface area contributed by atoms with Crippen LogP contribution >= 0.6 is 22.6 Å². The van der Waals surface area contributed by atoms with Crippen LogP contribution < -0.4 is 0 Å². The van der Waals surface area contributed by atoms with E-state index in [-0.39, 0.29) is 0 Å². The molecule has 0 aromatic carbocycles. The zero-order valence-corrected chi connectivity index (χ0v) is 11.8. The van der Waals surface area contributed by atoms with Crippen molar-refractivity contribution in [2.75, 3.05) is 6.61 Å². The van der Waals surface area contributed by atoms with E-state index in [9.17, 15) is 0 Å². The van der Waals surface area contributed by atoms with Crippen molar-refractivity contribution in [1.29, 1.82) is 0 Å². The molecule has 0 atom stereocenters. The molecule has 0 aliphatic rings. The van der Waals surface area contributed by atoms with Gasteiger partial charge in [-0.1, -0.05) is 13.3 Å². The predicted molar refractivity (Wildman–Crippen MR) is 69.9 cm³/mol. The Morgan fingerprint density at radius 2 is 2.27 bits per heavy atom. The van der Waals surface area contributed by atoms with E-state index < -0.39 is 0 Å². The van der Waals surface area contributed by atoms with Crippen LogP contribution in [-0.4, -0.2) is 16.4 Å². The Balaban J connectivity index is 2.54. The Hall–Kier alpha value is -0.100. The second kappa shape index (κ2) is 6.48. The van der Waals surface area contributed by atoms with Gasteiger partial charge in [0.05, 0.1) is 22.1 Å². The lowest BCUT2D eigenvalue weighted by molar-refractivity contribution is 0.111. The Bertz CT molecular complexity index is 297. The van der Waals surface area contributed by atoms with E-state index in [4.69, 9.17) is 4.74 Å². The van der Waals surface area contributed by atoms with Gasteiger partial charge in [0.25, 0.3) is 0 Å². The number of rotatable bonds is 6.